The fourth-order valence-corrected chi connectivity index (χ4v) is 3.41. The van der Waals surface area contributed by atoms with E-state index in [2.05, 4.69) is 27.1 Å². The summed E-state index contributed by atoms with van der Waals surface area (Å²) in [6, 6.07) is 2.26. The molecule has 1 fully saturated rings. The molecule has 1 aliphatic carbocycles. The Labute approximate surface area is 123 Å². The molecule has 7 nitrogen and oxygen atoms in total. The molecule has 2 aromatic heterocycles. The van der Waals surface area contributed by atoms with Crippen LogP contribution >= 0.6 is 0 Å². The molecule has 0 radical (unpaired) electrons. The number of nitrogens with zero attached hydrogens (tertiary/aromatic N) is 4. The molecule has 2 heterocycles. The average molecular weight is 290 g/mol. The molecule has 0 amide bonds. The van der Waals surface area contributed by atoms with Crippen LogP contribution in [-0.4, -0.2) is 39.2 Å². The van der Waals surface area contributed by atoms with Crippen LogP contribution in [0.5, 0.6) is 0 Å². The van der Waals surface area contributed by atoms with Crippen molar-refractivity contribution in [3.63, 3.8) is 0 Å². The van der Waals surface area contributed by atoms with Gasteiger partial charge in [-0.05, 0) is 32.2 Å². The molecule has 0 spiro atoms. The number of nitrogens with two attached hydrogens (primary N) is 1. The van der Waals surface area contributed by atoms with Crippen LogP contribution in [0.1, 0.15) is 31.5 Å². The molecule has 0 bridgehead atoms. The fraction of sp³-hybridized carbons (Fsp3) is 0.643. The van der Waals surface area contributed by atoms with Crippen LogP contribution in [-0.2, 0) is 0 Å². The summed E-state index contributed by atoms with van der Waals surface area (Å²) in [6.07, 6.45) is 4.80. The van der Waals surface area contributed by atoms with Crippen molar-refractivity contribution in [2.24, 2.45) is 11.7 Å². The molecule has 3 rings (SSSR count). The number of anilines is 1. The van der Waals surface area contributed by atoms with Crippen LogP contribution in [0.4, 0.5) is 5.82 Å². The number of hydrogen-bond acceptors (Lipinski definition) is 5. The van der Waals surface area contributed by atoms with Crippen molar-refractivity contribution in [2.45, 2.75) is 38.6 Å². The van der Waals surface area contributed by atoms with Crippen molar-refractivity contribution in [1.82, 2.24) is 19.6 Å². The first-order chi connectivity index (χ1) is 10.1. The lowest BCUT2D eigenvalue weighted by atomic mass is 9.84. The third-order valence-corrected chi connectivity index (χ3v) is 4.59. The van der Waals surface area contributed by atoms with Gasteiger partial charge in [0.05, 0.1) is 0 Å². The molecule has 3 N–H and O–H groups in total. The van der Waals surface area contributed by atoms with Gasteiger partial charge >= 0.3 is 5.69 Å². The maximum atomic E-state index is 11.7. The van der Waals surface area contributed by atoms with Gasteiger partial charge in [-0.1, -0.05) is 12.8 Å². The Bertz CT molecular complexity index is 690. The van der Waals surface area contributed by atoms with E-state index in [0.29, 0.717) is 30.0 Å². The van der Waals surface area contributed by atoms with E-state index >= 15 is 0 Å². The summed E-state index contributed by atoms with van der Waals surface area (Å²) in [5.74, 6) is 2.00. The number of aryl methyl sites for hydroxylation is 1. The maximum absolute atomic E-state index is 11.7. The van der Waals surface area contributed by atoms with Gasteiger partial charge in [-0.3, -0.25) is 0 Å². The van der Waals surface area contributed by atoms with Crippen LogP contribution in [0.2, 0.25) is 0 Å². The molecule has 1 aliphatic rings. The van der Waals surface area contributed by atoms with Gasteiger partial charge in [0.25, 0.3) is 0 Å². The molecule has 0 aliphatic heterocycles. The zero-order chi connectivity index (χ0) is 15.0. The molecule has 1 saturated carbocycles. The predicted octanol–water partition coefficient (Wildman–Crippen LogP) is 0.680. The number of aromatic amines is 1. The minimum Gasteiger partial charge on any atom is -0.356 e. The second kappa shape index (κ2) is 5.48. The van der Waals surface area contributed by atoms with Gasteiger partial charge in [0.15, 0.2) is 5.65 Å². The molecule has 114 valence electrons. The summed E-state index contributed by atoms with van der Waals surface area (Å²) in [4.78, 5) is 18.4. The second-order valence-corrected chi connectivity index (χ2v) is 5.84. The summed E-state index contributed by atoms with van der Waals surface area (Å²) in [5.41, 5.74) is 6.28. The third-order valence-electron chi connectivity index (χ3n) is 4.59. The van der Waals surface area contributed by atoms with E-state index in [1.54, 1.807) is 0 Å². The molecule has 2 aromatic rings. The van der Waals surface area contributed by atoms with Crippen molar-refractivity contribution in [3.8, 4) is 0 Å². The number of H-pyrrole nitrogens is 1. The van der Waals surface area contributed by atoms with E-state index in [4.69, 9.17) is 5.73 Å². The maximum Gasteiger partial charge on any atom is 0.349 e. The van der Waals surface area contributed by atoms with E-state index in [1.165, 1.54) is 23.7 Å². The lowest BCUT2D eigenvalue weighted by Gasteiger charge is -2.38. The number of nitrogens with one attached hydrogen (secondary N) is 1. The fourth-order valence-electron chi connectivity index (χ4n) is 3.41. The first-order valence-corrected chi connectivity index (χ1v) is 7.49. The van der Waals surface area contributed by atoms with Crippen molar-refractivity contribution < 1.29 is 0 Å². The van der Waals surface area contributed by atoms with E-state index in [0.717, 1.165) is 12.2 Å². The molecule has 0 saturated heterocycles. The van der Waals surface area contributed by atoms with Crippen molar-refractivity contribution in [1.29, 1.82) is 0 Å². The van der Waals surface area contributed by atoms with Crippen molar-refractivity contribution >= 4 is 11.5 Å². The van der Waals surface area contributed by atoms with Gasteiger partial charge < -0.3 is 10.6 Å². The Morgan fingerprint density at radius 1 is 1.48 bits per heavy atom. The lowest BCUT2D eigenvalue weighted by Crippen LogP contribution is -2.43. The monoisotopic (exact) mass is 290 g/mol. The standard InChI is InChI=1S/C14H22N6O/c1-9-16-12(7-13-17-18-14(21)20(9)13)19(2)11-6-4-3-5-10(11)8-15/h7,10-11H,3-6,8,15H2,1-2H3,(H,18,21). The number of aromatic nitrogens is 4. The Balaban J connectivity index is 1.97. The van der Waals surface area contributed by atoms with Gasteiger partial charge in [-0.25, -0.2) is 19.3 Å². The minimum absolute atomic E-state index is 0.248. The largest absolute Gasteiger partial charge is 0.356 e. The highest BCUT2D eigenvalue weighted by molar-refractivity contribution is 5.51. The summed E-state index contributed by atoms with van der Waals surface area (Å²) >= 11 is 0. The highest BCUT2D eigenvalue weighted by Gasteiger charge is 2.28. The van der Waals surface area contributed by atoms with Gasteiger partial charge in [0.2, 0.25) is 0 Å². The van der Waals surface area contributed by atoms with Gasteiger partial charge in [-0.2, -0.15) is 5.10 Å². The quantitative estimate of drug-likeness (QED) is 0.867. The van der Waals surface area contributed by atoms with Crippen LogP contribution in [0.15, 0.2) is 10.9 Å². The van der Waals surface area contributed by atoms with Gasteiger partial charge in [0.1, 0.15) is 11.6 Å². The highest BCUT2D eigenvalue weighted by Crippen LogP contribution is 2.29. The second-order valence-electron chi connectivity index (χ2n) is 5.84. The van der Waals surface area contributed by atoms with E-state index < -0.39 is 0 Å². The molecule has 21 heavy (non-hydrogen) atoms. The van der Waals surface area contributed by atoms with E-state index in [9.17, 15) is 4.79 Å². The van der Waals surface area contributed by atoms with E-state index in [1.807, 2.05) is 13.0 Å². The Hall–Kier alpha value is -1.89. The number of rotatable bonds is 3. The summed E-state index contributed by atoms with van der Waals surface area (Å²) in [5, 5.41) is 6.50. The summed E-state index contributed by atoms with van der Waals surface area (Å²) < 4.78 is 1.48. The van der Waals surface area contributed by atoms with E-state index in [-0.39, 0.29) is 5.69 Å². The van der Waals surface area contributed by atoms with Gasteiger partial charge in [-0.15, -0.1) is 0 Å². The van der Waals surface area contributed by atoms with Gasteiger partial charge in [0, 0.05) is 19.2 Å². The molecule has 2 unspecified atom stereocenters. The topological polar surface area (TPSA) is 92.3 Å². The molecular weight excluding hydrogens is 268 g/mol. The Morgan fingerprint density at radius 3 is 3.00 bits per heavy atom. The average Bonchev–Trinajstić information content (AvgIpc) is 2.88. The van der Waals surface area contributed by atoms with Crippen LogP contribution in [0.25, 0.3) is 5.65 Å². The zero-order valence-corrected chi connectivity index (χ0v) is 12.5. The normalized spacial score (nSPS) is 22.6. The van der Waals surface area contributed by atoms with Crippen molar-refractivity contribution in [3.05, 3.63) is 22.4 Å². The van der Waals surface area contributed by atoms with Crippen LogP contribution in [0.3, 0.4) is 0 Å². The van der Waals surface area contributed by atoms with Crippen LogP contribution < -0.4 is 16.3 Å². The molecular formula is C14H22N6O. The Morgan fingerprint density at radius 2 is 2.24 bits per heavy atom. The number of hydrogen-bond donors (Lipinski definition) is 2. The summed E-state index contributed by atoms with van der Waals surface area (Å²) in [6.45, 7) is 2.53. The highest BCUT2D eigenvalue weighted by atomic mass is 16.1. The molecule has 2 atom stereocenters. The predicted molar refractivity (Wildman–Crippen MR) is 81.5 cm³/mol. The lowest BCUT2D eigenvalue weighted by molar-refractivity contribution is 0.305. The molecule has 0 aromatic carbocycles. The smallest absolute Gasteiger partial charge is 0.349 e. The third kappa shape index (κ3) is 2.42. The summed E-state index contributed by atoms with van der Waals surface area (Å²) in [7, 11) is 2.06. The first kappa shape index (κ1) is 14.1. The first-order valence-electron chi connectivity index (χ1n) is 7.49. The number of fused-ring (bicyclic) bond motifs is 1. The SMILES string of the molecule is Cc1nc(N(C)C2CCCCC2CN)cc2n[nH]c(=O)n12. The van der Waals surface area contributed by atoms with Crippen LogP contribution in [0, 0.1) is 12.8 Å². The molecule has 7 heteroatoms. The zero-order valence-electron chi connectivity index (χ0n) is 12.5. The minimum atomic E-state index is -0.248. The Kier molecular flexibility index (Phi) is 3.67. The van der Waals surface area contributed by atoms with Crippen molar-refractivity contribution in [2.75, 3.05) is 18.5 Å².